The van der Waals surface area contributed by atoms with E-state index in [0.717, 1.165) is 27.9 Å². The van der Waals surface area contributed by atoms with Gasteiger partial charge in [0.1, 0.15) is 12.1 Å². The zero-order chi connectivity index (χ0) is 14.1. The van der Waals surface area contributed by atoms with Gasteiger partial charge in [0.05, 0.1) is 11.6 Å². The Hall–Kier alpha value is -1.95. The lowest BCUT2D eigenvalue weighted by molar-refractivity contribution is 0.785. The van der Waals surface area contributed by atoms with E-state index in [2.05, 4.69) is 48.0 Å². The number of benzene rings is 1. The van der Waals surface area contributed by atoms with Crippen LogP contribution in [0.2, 0.25) is 0 Å². The van der Waals surface area contributed by atoms with Crippen LogP contribution in [-0.4, -0.2) is 26.8 Å². The van der Waals surface area contributed by atoms with Crippen LogP contribution in [-0.2, 0) is 13.6 Å². The molecule has 2 heterocycles. The minimum absolute atomic E-state index is 0.778. The topological polar surface area (TPSA) is 46.8 Å². The zero-order valence-electron chi connectivity index (χ0n) is 11.3. The monoisotopic (exact) mass is 331 g/mol. The SMILES string of the molecule is CN(Cc1cccc(Br)c1)c1ncnc2c1cnn2C. The fraction of sp³-hybridized carbons (Fsp3) is 0.214. The van der Waals surface area contributed by atoms with E-state index < -0.39 is 0 Å². The molecule has 0 saturated heterocycles. The number of aryl methyl sites for hydroxylation is 1. The van der Waals surface area contributed by atoms with Gasteiger partial charge < -0.3 is 4.90 Å². The summed E-state index contributed by atoms with van der Waals surface area (Å²) >= 11 is 3.49. The Bertz CT molecular complexity index is 752. The summed E-state index contributed by atoms with van der Waals surface area (Å²) in [6, 6.07) is 8.27. The van der Waals surface area contributed by atoms with Gasteiger partial charge in [-0.3, -0.25) is 4.68 Å². The Morgan fingerprint density at radius 2 is 2.15 bits per heavy atom. The molecule has 6 heteroatoms. The van der Waals surface area contributed by atoms with Crippen molar-refractivity contribution in [3.8, 4) is 0 Å². The number of rotatable bonds is 3. The smallest absolute Gasteiger partial charge is 0.163 e. The summed E-state index contributed by atoms with van der Waals surface area (Å²) in [6.07, 6.45) is 3.39. The Labute approximate surface area is 125 Å². The molecule has 0 aliphatic carbocycles. The van der Waals surface area contributed by atoms with E-state index >= 15 is 0 Å². The first-order valence-electron chi connectivity index (χ1n) is 6.23. The molecule has 20 heavy (non-hydrogen) atoms. The van der Waals surface area contributed by atoms with Crippen LogP contribution in [0.1, 0.15) is 5.56 Å². The summed E-state index contributed by atoms with van der Waals surface area (Å²) in [4.78, 5) is 10.8. The summed E-state index contributed by atoms with van der Waals surface area (Å²) in [5.41, 5.74) is 2.06. The molecule has 0 fully saturated rings. The zero-order valence-corrected chi connectivity index (χ0v) is 12.9. The molecule has 102 valence electrons. The fourth-order valence-electron chi connectivity index (χ4n) is 2.24. The van der Waals surface area contributed by atoms with E-state index in [9.17, 15) is 0 Å². The maximum Gasteiger partial charge on any atom is 0.163 e. The second-order valence-corrected chi connectivity index (χ2v) is 5.60. The largest absolute Gasteiger partial charge is 0.355 e. The molecule has 0 aliphatic rings. The number of nitrogens with zero attached hydrogens (tertiary/aromatic N) is 5. The first-order chi connectivity index (χ1) is 9.65. The summed E-state index contributed by atoms with van der Waals surface area (Å²) in [5.74, 6) is 0.892. The summed E-state index contributed by atoms with van der Waals surface area (Å²) in [6.45, 7) is 0.778. The molecule has 0 N–H and O–H groups in total. The molecule has 3 aromatic rings. The van der Waals surface area contributed by atoms with Gasteiger partial charge in [0.2, 0.25) is 0 Å². The van der Waals surface area contributed by atoms with Crippen LogP contribution in [0.5, 0.6) is 0 Å². The van der Waals surface area contributed by atoms with Crippen LogP contribution in [0.3, 0.4) is 0 Å². The highest BCUT2D eigenvalue weighted by Crippen LogP contribution is 2.23. The van der Waals surface area contributed by atoms with Crippen molar-refractivity contribution in [1.82, 2.24) is 19.7 Å². The first kappa shape index (κ1) is 13.1. The Balaban J connectivity index is 1.94. The Morgan fingerprint density at radius 3 is 2.95 bits per heavy atom. The molecule has 0 radical (unpaired) electrons. The third-order valence-corrected chi connectivity index (χ3v) is 3.67. The highest BCUT2D eigenvalue weighted by atomic mass is 79.9. The maximum absolute atomic E-state index is 4.39. The minimum Gasteiger partial charge on any atom is -0.355 e. The molecule has 0 amide bonds. The van der Waals surface area contributed by atoms with Crippen molar-refractivity contribution in [3.63, 3.8) is 0 Å². The van der Waals surface area contributed by atoms with E-state index in [-0.39, 0.29) is 0 Å². The van der Waals surface area contributed by atoms with Crippen molar-refractivity contribution in [2.75, 3.05) is 11.9 Å². The Kier molecular flexibility index (Phi) is 3.40. The normalized spacial score (nSPS) is 10.9. The van der Waals surface area contributed by atoms with Crippen LogP contribution in [0.25, 0.3) is 11.0 Å². The highest BCUT2D eigenvalue weighted by Gasteiger charge is 2.12. The molecule has 0 aliphatic heterocycles. The predicted molar refractivity (Wildman–Crippen MR) is 82.6 cm³/mol. The lowest BCUT2D eigenvalue weighted by atomic mass is 10.2. The molecule has 0 bridgehead atoms. The van der Waals surface area contributed by atoms with Gasteiger partial charge in [-0.1, -0.05) is 28.1 Å². The summed E-state index contributed by atoms with van der Waals surface area (Å²) in [5, 5.41) is 5.21. The van der Waals surface area contributed by atoms with Crippen LogP contribution >= 0.6 is 15.9 Å². The van der Waals surface area contributed by atoms with E-state index in [4.69, 9.17) is 0 Å². The lowest BCUT2D eigenvalue weighted by Crippen LogP contribution is -2.18. The standard InChI is InChI=1S/C14H14BrN5/c1-19(8-10-4-3-5-11(15)6-10)13-12-7-18-20(2)14(12)17-9-16-13/h3-7,9H,8H2,1-2H3. The van der Waals surface area contributed by atoms with Crippen molar-refractivity contribution in [3.05, 3.63) is 46.8 Å². The van der Waals surface area contributed by atoms with E-state index in [1.54, 1.807) is 11.0 Å². The number of hydrogen-bond donors (Lipinski definition) is 0. The van der Waals surface area contributed by atoms with Gasteiger partial charge in [-0.2, -0.15) is 5.10 Å². The third-order valence-electron chi connectivity index (χ3n) is 3.18. The molecule has 0 saturated carbocycles. The van der Waals surface area contributed by atoms with Gasteiger partial charge in [0.15, 0.2) is 5.65 Å². The number of aromatic nitrogens is 4. The van der Waals surface area contributed by atoms with Crippen molar-refractivity contribution in [2.45, 2.75) is 6.54 Å². The number of hydrogen-bond acceptors (Lipinski definition) is 4. The van der Waals surface area contributed by atoms with Crippen LogP contribution in [0.4, 0.5) is 5.82 Å². The van der Waals surface area contributed by atoms with Gasteiger partial charge in [-0.05, 0) is 17.7 Å². The van der Waals surface area contributed by atoms with Crippen molar-refractivity contribution in [2.24, 2.45) is 7.05 Å². The molecule has 0 spiro atoms. The molecule has 5 nitrogen and oxygen atoms in total. The van der Waals surface area contributed by atoms with E-state index in [1.807, 2.05) is 32.4 Å². The van der Waals surface area contributed by atoms with Crippen molar-refractivity contribution in [1.29, 1.82) is 0 Å². The molecular weight excluding hydrogens is 318 g/mol. The maximum atomic E-state index is 4.39. The molecule has 0 atom stereocenters. The quantitative estimate of drug-likeness (QED) is 0.740. The van der Waals surface area contributed by atoms with E-state index in [0.29, 0.717) is 0 Å². The van der Waals surface area contributed by atoms with Crippen molar-refractivity contribution < 1.29 is 0 Å². The minimum atomic E-state index is 0.778. The van der Waals surface area contributed by atoms with Gasteiger partial charge in [-0.15, -0.1) is 0 Å². The van der Waals surface area contributed by atoms with Crippen LogP contribution < -0.4 is 4.90 Å². The van der Waals surface area contributed by atoms with Gasteiger partial charge in [0.25, 0.3) is 0 Å². The number of fused-ring (bicyclic) bond motifs is 1. The summed E-state index contributed by atoms with van der Waals surface area (Å²) < 4.78 is 2.84. The van der Waals surface area contributed by atoms with Gasteiger partial charge in [-0.25, -0.2) is 9.97 Å². The number of anilines is 1. The second-order valence-electron chi connectivity index (χ2n) is 4.69. The molecule has 0 unspecified atom stereocenters. The van der Waals surface area contributed by atoms with Crippen molar-refractivity contribution >= 4 is 32.8 Å². The average Bonchev–Trinajstić information content (AvgIpc) is 2.81. The van der Waals surface area contributed by atoms with Gasteiger partial charge in [0, 0.05) is 25.1 Å². The second kappa shape index (κ2) is 5.20. The highest BCUT2D eigenvalue weighted by molar-refractivity contribution is 9.10. The molecule has 2 aromatic heterocycles. The molecule has 3 rings (SSSR count). The Morgan fingerprint density at radius 1 is 1.30 bits per heavy atom. The first-order valence-corrected chi connectivity index (χ1v) is 7.03. The number of halogens is 1. The summed E-state index contributed by atoms with van der Waals surface area (Å²) in [7, 11) is 3.91. The average molecular weight is 332 g/mol. The van der Waals surface area contributed by atoms with Gasteiger partial charge >= 0.3 is 0 Å². The van der Waals surface area contributed by atoms with Crippen LogP contribution in [0.15, 0.2) is 41.3 Å². The predicted octanol–water partition coefficient (Wildman–Crippen LogP) is 2.76. The third kappa shape index (κ3) is 2.38. The van der Waals surface area contributed by atoms with E-state index in [1.165, 1.54) is 5.56 Å². The lowest BCUT2D eigenvalue weighted by Gasteiger charge is -2.18. The molecular formula is C14H14BrN5. The fourth-order valence-corrected chi connectivity index (χ4v) is 2.68. The van der Waals surface area contributed by atoms with Crippen LogP contribution in [0, 0.1) is 0 Å². The molecule has 1 aromatic carbocycles.